The van der Waals surface area contributed by atoms with Gasteiger partial charge in [-0.1, -0.05) is 41.4 Å². The number of ether oxygens (including phenoxy) is 1. The van der Waals surface area contributed by atoms with Crippen molar-refractivity contribution >= 4 is 34.3 Å². The summed E-state index contributed by atoms with van der Waals surface area (Å²) in [5, 5.41) is 1.38. The van der Waals surface area contributed by atoms with Gasteiger partial charge >= 0.3 is 5.97 Å². The van der Waals surface area contributed by atoms with Gasteiger partial charge in [-0.15, -0.1) is 0 Å². The highest BCUT2D eigenvalue weighted by molar-refractivity contribution is 6.31. The summed E-state index contributed by atoms with van der Waals surface area (Å²) in [7, 11) is 0. The average molecular weight is 384 g/mol. The highest BCUT2D eigenvalue weighted by atomic mass is 35.5. The van der Waals surface area contributed by atoms with Gasteiger partial charge in [0.1, 0.15) is 6.61 Å². The van der Waals surface area contributed by atoms with Crippen LogP contribution in [0.25, 0.3) is 10.9 Å². The molecule has 1 heterocycles. The van der Waals surface area contributed by atoms with E-state index in [9.17, 15) is 9.59 Å². The predicted molar refractivity (Wildman–Crippen MR) is 108 cm³/mol. The fourth-order valence-corrected chi connectivity index (χ4v) is 3.60. The fraction of sp³-hybridized carbons (Fsp3) is 0.273. The highest BCUT2D eigenvalue weighted by Gasteiger charge is 2.24. The molecule has 0 aliphatic carbocycles. The zero-order valence-electron chi connectivity index (χ0n) is 15.9. The Bertz CT molecular complexity index is 1020. The van der Waals surface area contributed by atoms with Gasteiger partial charge in [-0.2, -0.15) is 0 Å². The van der Waals surface area contributed by atoms with Gasteiger partial charge < -0.3 is 9.30 Å². The lowest BCUT2D eigenvalue weighted by Gasteiger charge is -2.17. The van der Waals surface area contributed by atoms with E-state index >= 15 is 0 Å². The maximum Gasteiger partial charge on any atom is 0.302 e. The van der Waals surface area contributed by atoms with Crippen molar-refractivity contribution in [3.63, 3.8) is 0 Å². The Morgan fingerprint density at radius 3 is 2.41 bits per heavy atom. The van der Waals surface area contributed by atoms with Crippen molar-refractivity contribution in [2.75, 3.05) is 6.61 Å². The molecule has 0 fully saturated rings. The van der Waals surface area contributed by atoms with Crippen LogP contribution in [0.1, 0.15) is 47.1 Å². The Balaban J connectivity index is 2.16. The summed E-state index contributed by atoms with van der Waals surface area (Å²) in [6.45, 7) is 7.49. The summed E-state index contributed by atoms with van der Waals surface area (Å²) in [5.74, 6) is -0.367. The Morgan fingerprint density at radius 1 is 1.11 bits per heavy atom. The standard InChI is InChI=1S/C22H22ClNO3/c1-13-5-7-17(8-6-13)22(26)21-15(3)24(14(2)12-27-16(4)25)20-10-9-18(23)11-19(20)21/h5-11,14H,12H2,1-4H3. The normalized spacial score (nSPS) is 12.2. The molecular formula is C22H22ClNO3. The van der Waals surface area contributed by atoms with Crippen LogP contribution in [0.15, 0.2) is 42.5 Å². The summed E-state index contributed by atoms with van der Waals surface area (Å²) < 4.78 is 7.22. The minimum Gasteiger partial charge on any atom is -0.464 e. The third-order valence-electron chi connectivity index (χ3n) is 4.72. The van der Waals surface area contributed by atoms with Crippen molar-refractivity contribution in [3.8, 4) is 0 Å². The Labute approximate surface area is 163 Å². The van der Waals surface area contributed by atoms with Gasteiger partial charge in [0.15, 0.2) is 5.78 Å². The zero-order valence-corrected chi connectivity index (χ0v) is 16.6. The summed E-state index contributed by atoms with van der Waals surface area (Å²) in [6.07, 6.45) is 0. The van der Waals surface area contributed by atoms with Crippen molar-refractivity contribution in [1.82, 2.24) is 4.57 Å². The molecule has 0 saturated carbocycles. The lowest BCUT2D eigenvalue weighted by molar-refractivity contribution is -0.141. The molecule has 1 atom stereocenters. The summed E-state index contributed by atoms with van der Waals surface area (Å²) in [4.78, 5) is 24.5. The second kappa shape index (κ2) is 7.57. The largest absolute Gasteiger partial charge is 0.464 e. The zero-order chi connectivity index (χ0) is 19.7. The molecule has 0 aliphatic rings. The first-order valence-corrected chi connectivity index (χ1v) is 9.22. The number of aryl methyl sites for hydroxylation is 1. The van der Waals surface area contributed by atoms with Gasteiger partial charge in [-0.05, 0) is 39.0 Å². The Kier molecular flexibility index (Phi) is 5.38. The SMILES string of the molecule is CC(=O)OCC(C)n1c(C)c(C(=O)c2ccc(C)cc2)c2cc(Cl)ccc21. The minimum atomic E-state index is -0.324. The maximum absolute atomic E-state index is 13.3. The first kappa shape index (κ1) is 19.2. The summed E-state index contributed by atoms with van der Waals surface area (Å²) in [5.41, 5.74) is 4.09. The number of fused-ring (bicyclic) bond motifs is 1. The molecule has 0 spiro atoms. The molecule has 1 unspecified atom stereocenters. The van der Waals surface area contributed by atoms with E-state index in [0.29, 0.717) is 16.1 Å². The lowest BCUT2D eigenvalue weighted by Crippen LogP contribution is -2.16. The number of hydrogen-bond acceptors (Lipinski definition) is 3. The average Bonchev–Trinajstić information content (AvgIpc) is 2.90. The predicted octanol–water partition coefficient (Wildman–Crippen LogP) is 5.27. The van der Waals surface area contributed by atoms with Crippen molar-refractivity contribution in [3.05, 3.63) is 69.9 Å². The number of carbonyl (C=O) groups excluding carboxylic acids is 2. The summed E-state index contributed by atoms with van der Waals surface area (Å²) >= 11 is 6.22. The molecule has 0 saturated heterocycles. The van der Waals surface area contributed by atoms with Gasteiger partial charge in [-0.25, -0.2) is 0 Å². The van der Waals surface area contributed by atoms with E-state index in [1.807, 2.05) is 61.7 Å². The van der Waals surface area contributed by atoms with Crippen LogP contribution in [-0.4, -0.2) is 22.9 Å². The molecule has 0 amide bonds. The quantitative estimate of drug-likeness (QED) is 0.445. The first-order chi connectivity index (χ1) is 12.8. The molecule has 0 N–H and O–H groups in total. The number of nitrogens with zero attached hydrogens (tertiary/aromatic N) is 1. The molecule has 1 aromatic heterocycles. The van der Waals surface area contributed by atoms with E-state index in [-0.39, 0.29) is 24.4 Å². The topological polar surface area (TPSA) is 48.3 Å². The van der Waals surface area contributed by atoms with Gasteiger partial charge in [0.25, 0.3) is 0 Å². The van der Waals surface area contributed by atoms with Crippen molar-refractivity contribution in [2.24, 2.45) is 0 Å². The molecule has 0 aliphatic heterocycles. The van der Waals surface area contributed by atoms with Crippen LogP contribution in [0.4, 0.5) is 0 Å². The molecule has 140 valence electrons. The smallest absolute Gasteiger partial charge is 0.302 e. The Morgan fingerprint density at radius 2 is 1.78 bits per heavy atom. The highest BCUT2D eigenvalue weighted by Crippen LogP contribution is 2.33. The summed E-state index contributed by atoms with van der Waals surface area (Å²) in [6, 6.07) is 13.0. The number of hydrogen-bond donors (Lipinski definition) is 0. The number of halogens is 1. The number of aromatic nitrogens is 1. The van der Waals surface area contributed by atoms with E-state index in [1.54, 1.807) is 6.07 Å². The number of ketones is 1. The van der Waals surface area contributed by atoms with Gasteiger partial charge in [-0.3, -0.25) is 9.59 Å². The van der Waals surface area contributed by atoms with Gasteiger partial charge in [0, 0.05) is 34.1 Å². The van der Waals surface area contributed by atoms with Crippen LogP contribution in [-0.2, 0) is 9.53 Å². The van der Waals surface area contributed by atoms with Gasteiger partial charge in [0.05, 0.1) is 11.6 Å². The molecule has 0 bridgehead atoms. The van der Waals surface area contributed by atoms with Crippen LogP contribution < -0.4 is 0 Å². The van der Waals surface area contributed by atoms with Gasteiger partial charge in [0.2, 0.25) is 0 Å². The number of carbonyl (C=O) groups is 2. The van der Waals surface area contributed by atoms with E-state index in [0.717, 1.165) is 22.2 Å². The van der Waals surface area contributed by atoms with Crippen LogP contribution in [0.5, 0.6) is 0 Å². The van der Waals surface area contributed by atoms with Crippen LogP contribution in [0.2, 0.25) is 5.02 Å². The van der Waals surface area contributed by atoms with E-state index < -0.39 is 0 Å². The Hall–Kier alpha value is -2.59. The molecule has 0 radical (unpaired) electrons. The van der Waals surface area contributed by atoms with Crippen molar-refractivity contribution in [1.29, 1.82) is 0 Å². The number of rotatable bonds is 5. The minimum absolute atomic E-state index is 0.0433. The monoisotopic (exact) mass is 383 g/mol. The van der Waals surface area contributed by atoms with Crippen LogP contribution in [0.3, 0.4) is 0 Å². The van der Waals surface area contributed by atoms with Crippen LogP contribution >= 0.6 is 11.6 Å². The molecule has 3 rings (SSSR count). The molecule has 5 heteroatoms. The number of benzene rings is 2. The van der Waals surface area contributed by atoms with E-state index in [1.165, 1.54) is 6.92 Å². The molecule has 4 nitrogen and oxygen atoms in total. The maximum atomic E-state index is 13.3. The lowest BCUT2D eigenvalue weighted by atomic mass is 9.99. The third kappa shape index (κ3) is 3.76. The first-order valence-electron chi connectivity index (χ1n) is 8.84. The van der Waals surface area contributed by atoms with Crippen molar-refractivity contribution < 1.29 is 14.3 Å². The second-order valence-corrected chi connectivity index (χ2v) is 7.28. The third-order valence-corrected chi connectivity index (χ3v) is 4.96. The van der Waals surface area contributed by atoms with Crippen molar-refractivity contribution in [2.45, 2.75) is 33.7 Å². The van der Waals surface area contributed by atoms with Crippen LogP contribution in [0, 0.1) is 13.8 Å². The number of esters is 1. The molecule has 27 heavy (non-hydrogen) atoms. The van der Waals surface area contributed by atoms with E-state index in [2.05, 4.69) is 0 Å². The molecular weight excluding hydrogens is 362 g/mol. The van der Waals surface area contributed by atoms with E-state index in [4.69, 9.17) is 16.3 Å². The molecule has 2 aromatic carbocycles. The fourth-order valence-electron chi connectivity index (χ4n) is 3.43. The molecule has 3 aromatic rings. The second-order valence-electron chi connectivity index (χ2n) is 6.84.